The number of carboxylic acid groups (broad SMARTS) is 1. The Kier molecular flexibility index (Phi) is 5.03. The molecule has 52 valence electrons. The summed E-state index contributed by atoms with van der Waals surface area (Å²) in [7, 11) is 0. The van der Waals surface area contributed by atoms with E-state index in [2.05, 4.69) is 0 Å². The topological polar surface area (TPSA) is 37.3 Å². The maximum atomic E-state index is 10.1. The van der Waals surface area contributed by atoms with Crippen LogP contribution in [0.5, 0.6) is 0 Å². The fourth-order valence-electron chi connectivity index (χ4n) is 0.692. The van der Waals surface area contributed by atoms with Gasteiger partial charge in [0, 0.05) is 0 Å². The third-order valence-electron chi connectivity index (χ3n) is 1.09. The van der Waals surface area contributed by atoms with Crippen molar-refractivity contribution in [3.63, 3.8) is 0 Å². The molecule has 1 N–H and O–H groups in total. The summed E-state index contributed by atoms with van der Waals surface area (Å²) in [6.45, 7) is 0. The zero-order chi connectivity index (χ0) is 7.40. The van der Waals surface area contributed by atoms with E-state index in [1.54, 1.807) is 24.3 Å². The first-order valence-electron chi connectivity index (χ1n) is 2.92. The summed E-state index contributed by atoms with van der Waals surface area (Å²) < 4.78 is 0. The van der Waals surface area contributed by atoms with Gasteiger partial charge in [0.2, 0.25) is 0 Å². The molecule has 1 rings (SSSR count). The maximum absolute atomic E-state index is 10.1. The second-order valence-electron chi connectivity index (χ2n) is 1.89. The Morgan fingerprint density at radius 2 is 1.82 bits per heavy atom. The third kappa shape index (κ3) is 4.09. The van der Waals surface area contributed by atoms with Gasteiger partial charge >= 0.3 is 29.6 Å². The van der Waals surface area contributed by atoms with Crippen molar-refractivity contribution < 1.29 is 39.5 Å². The van der Waals surface area contributed by atoms with E-state index in [9.17, 15) is 4.79 Å². The molecule has 0 radical (unpaired) electrons. The predicted molar refractivity (Wildman–Crippen MR) is 37.5 cm³/mol. The number of hydrogen-bond donors (Lipinski definition) is 1. The minimum atomic E-state index is -0.911. The number of benzene rings is 1. The zero-order valence-electron chi connectivity index (χ0n) is 6.32. The van der Waals surface area contributed by atoms with Gasteiger partial charge in [-0.2, -0.15) is 17.7 Å². The van der Waals surface area contributed by atoms with Crippen LogP contribution in [0.4, 0.5) is 0 Å². The molecule has 0 amide bonds. The summed E-state index contributed by atoms with van der Waals surface area (Å²) in [6.07, 6.45) is 1.17. The van der Waals surface area contributed by atoms with Crippen LogP contribution in [0, 0.1) is 6.42 Å². The van der Waals surface area contributed by atoms with Gasteiger partial charge in [0.05, 0.1) is 0 Å². The molecule has 0 spiro atoms. The van der Waals surface area contributed by atoms with E-state index in [0.29, 0.717) is 0 Å². The van der Waals surface area contributed by atoms with Crippen molar-refractivity contribution in [2.75, 3.05) is 0 Å². The van der Waals surface area contributed by atoms with Crippen LogP contribution in [0.1, 0.15) is 5.56 Å². The minimum absolute atomic E-state index is 0. The van der Waals surface area contributed by atoms with E-state index < -0.39 is 5.97 Å². The quantitative estimate of drug-likeness (QED) is 0.412. The smallest absolute Gasteiger partial charge is 0.487 e. The van der Waals surface area contributed by atoms with E-state index in [-0.39, 0.29) is 29.6 Å². The van der Waals surface area contributed by atoms with Gasteiger partial charge in [-0.15, -0.1) is 12.1 Å². The molecule has 2 nitrogen and oxygen atoms in total. The number of carboxylic acids is 1. The summed E-state index contributed by atoms with van der Waals surface area (Å²) in [6, 6.07) is 8.94. The monoisotopic (exact) mass is 158 g/mol. The molecule has 0 aliphatic rings. The molecule has 0 saturated carbocycles. The van der Waals surface area contributed by atoms with Crippen molar-refractivity contribution in [2.24, 2.45) is 0 Å². The van der Waals surface area contributed by atoms with Gasteiger partial charge in [0.25, 0.3) is 5.97 Å². The average molecular weight is 158 g/mol. The van der Waals surface area contributed by atoms with Gasteiger partial charge < -0.3 is 5.11 Å². The Morgan fingerprint density at radius 3 is 2.27 bits per heavy atom. The van der Waals surface area contributed by atoms with Crippen molar-refractivity contribution in [1.82, 2.24) is 0 Å². The van der Waals surface area contributed by atoms with Gasteiger partial charge in [0.15, 0.2) is 0 Å². The number of rotatable bonds is 2. The van der Waals surface area contributed by atoms with Crippen LogP contribution in [-0.2, 0) is 4.79 Å². The van der Waals surface area contributed by atoms with Crippen molar-refractivity contribution in [3.05, 3.63) is 42.3 Å². The second-order valence-corrected chi connectivity index (χ2v) is 1.89. The number of hydrogen-bond acceptors (Lipinski definition) is 1. The molecule has 0 aromatic heterocycles. The van der Waals surface area contributed by atoms with Gasteiger partial charge in [-0.25, -0.2) is 0 Å². The first-order valence-corrected chi connectivity index (χ1v) is 2.92. The van der Waals surface area contributed by atoms with E-state index in [1.165, 1.54) is 6.42 Å². The Balaban J connectivity index is 0.000001000. The molecule has 11 heavy (non-hydrogen) atoms. The van der Waals surface area contributed by atoms with Crippen molar-refractivity contribution in [2.45, 2.75) is 0 Å². The molecular weight excluding hydrogens is 151 g/mol. The number of carbonyl (C=O) groups is 1. The summed E-state index contributed by atoms with van der Waals surface area (Å²) in [5, 5.41) is 8.31. The molecule has 0 saturated heterocycles. The standard InChI is InChI=1S/C8H7O2.Na/c9-8(10)6-7-4-2-1-3-5-7;/h1-6H,(H,9,10);/q-1;+1. The van der Waals surface area contributed by atoms with E-state index >= 15 is 0 Å². The SMILES string of the molecule is O=C(O)[CH-]c1ccccc1.[Na+]. The Hall–Kier alpha value is -0.440. The first-order chi connectivity index (χ1) is 4.79. The largest absolute Gasteiger partial charge is 1.00 e. The molecule has 3 heteroatoms. The molecule has 0 unspecified atom stereocenters. The van der Waals surface area contributed by atoms with Gasteiger partial charge in [0.1, 0.15) is 0 Å². The molecule has 0 bridgehead atoms. The van der Waals surface area contributed by atoms with Crippen LogP contribution in [0.15, 0.2) is 30.3 Å². The second kappa shape index (κ2) is 5.24. The molecule has 0 heterocycles. The van der Waals surface area contributed by atoms with Gasteiger partial charge in [-0.1, -0.05) is 12.5 Å². The van der Waals surface area contributed by atoms with Crippen LogP contribution in [0.25, 0.3) is 0 Å². The Bertz CT molecular complexity index is 221. The third-order valence-corrected chi connectivity index (χ3v) is 1.09. The summed E-state index contributed by atoms with van der Waals surface area (Å²) in [5.41, 5.74) is 0.718. The molecule has 0 fully saturated rings. The summed E-state index contributed by atoms with van der Waals surface area (Å²) >= 11 is 0. The van der Waals surface area contributed by atoms with Crippen LogP contribution in [-0.4, -0.2) is 11.1 Å². The minimum Gasteiger partial charge on any atom is -0.487 e. The van der Waals surface area contributed by atoms with Crippen LogP contribution in [0.3, 0.4) is 0 Å². The average Bonchev–Trinajstić information content (AvgIpc) is 1.88. The summed E-state index contributed by atoms with van der Waals surface area (Å²) in [4.78, 5) is 10.1. The van der Waals surface area contributed by atoms with Crippen molar-refractivity contribution in [1.29, 1.82) is 0 Å². The summed E-state index contributed by atoms with van der Waals surface area (Å²) in [5.74, 6) is -0.911. The zero-order valence-corrected chi connectivity index (χ0v) is 8.32. The van der Waals surface area contributed by atoms with Crippen LogP contribution in [0.2, 0.25) is 0 Å². The van der Waals surface area contributed by atoms with Crippen molar-refractivity contribution in [3.8, 4) is 0 Å². The van der Waals surface area contributed by atoms with Gasteiger partial charge in [-0.3, -0.25) is 4.79 Å². The molecule has 1 aromatic carbocycles. The van der Waals surface area contributed by atoms with Crippen LogP contribution >= 0.6 is 0 Å². The maximum Gasteiger partial charge on any atom is 1.00 e. The van der Waals surface area contributed by atoms with Crippen LogP contribution < -0.4 is 29.6 Å². The fourth-order valence-corrected chi connectivity index (χ4v) is 0.692. The van der Waals surface area contributed by atoms with E-state index in [1.807, 2.05) is 6.07 Å². The molecule has 0 atom stereocenters. The normalized spacial score (nSPS) is 8.00. The van der Waals surface area contributed by atoms with Gasteiger partial charge in [-0.05, 0) is 0 Å². The Labute approximate surface area is 87.5 Å². The van der Waals surface area contributed by atoms with E-state index in [0.717, 1.165) is 5.56 Å². The molecule has 1 aromatic rings. The van der Waals surface area contributed by atoms with E-state index in [4.69, 9.17) is 5.11 Å². The van der Waals surface area contributed by atoms with Crippen molar-refractivity contribution >= 4 is 5.97 Å². The molecule has 0 aliphatic heterocycles. The Morgan fingerprint density at radius 1 is 1.27 bits per heavy atom. The molecule has 0 aliphatic carbocycles. The predicted octanol–water partition coefficient (Wildman–Crippen LogP) is -1.67. The number of aliphatic carboxylic acids is 1. The first kappa shape index (κ1) is 10.6. The fraction of sp³-hybridized carbons (Fsp3) is 0. The molecular formula is C8H7NaO2.